The largest absolute Gasteiger partial charge is 0.480 e. The molecule has 5 nitrogen and oxygen atoms in total. The maximum absolute atomic E-state index is 13.2. The molecule has 1 aliphatic rings. The average molecular weight is 437 g/mol. The normalized spacial score (nSPS) is 16.0. The molecule has 2 aromatic carbocycles. The Kier molecular flexibility index (Phi) is 8.72. The number of anilines is 1. The van der Waals surface area contributed by atoms with Crippen LogP contribution in [0.15, 0.2) is 48.5 Å². The van der Waals surface area contributed by atoms with Crippen molar-refractivity contribution in [3.8, 4) is 5.75 Å². The van der Waals surface area contributed by atoms with Gasteiger partial charge in [-0.15, -0.1) is 0 Å². The van der Waals surface area contributed by atoms with E-state index in [0.29, 0.717) is 23.6 Å². The second kappa shape index (κ2) is 11.7. The molecule has 2 atom stereocenters. The van der Waals surface area contributed by atoms with Crippen LogP contribution < -0.4 is 10.1 Å². The lowest BCUT2D eigenvalue weighted by atomic mass is 9.98. The number of amides is 2. The van der Waals surface area contributed by atoms with Crippen molar-refractivity contribution in [3.05, 3.63) is 59.7 Å². The number of ether oxygens (including phenoxy) is 1. The minimum absolute atomic E-state index is 0.0149. The molecule has 1 fully saturated rings. The molecule has 3 rings (SSSR count). The highest BCUT2D eigenvalue weighted by atomic mass is 16.5. The van der Waals surface area contributed by atoms with Crippen LogP contribution in [-0.4, -0.2) is 35.9 Å². The molecule has 172 valence electrons. The average Bonchev–Trinajstić information content (AvgIpc) is 3.12. The molecule has 2 unspecified atom stereocenters. The van der Waals surface area contributed by atoms with E-state index >= 15 is 0 Å². The van der Waals surface area contributed by atoms with Crippen LogP contribution in [0.1, 0.15) is 81.1 Å². The maximum Gasteiger partial charge on any atom is 0.265 e. The summed E-state index contributed by atoms with van der Waals surface area (Å²) in [7, 11) is 0. The highest BCUT2D eigenvalue weighted by molar-refractivity contribution is 6.04. The van der Waals surface area contributed by atoms with Gasteiger partial charge < -0.3 is 15.0 Å². The van der Waals surface area contributed by atoms with E-state index in [9.17, 15) is 9.59 Å². The van der Waals surface area contributed by atoms with E-state index in [-0.39, 0.29) is 11.8 Å². The number of carbonyl (C=O) groups is 2. The Bertz CT molecular complexity index is 903. The van der Waals surface area contributed by atoms with Crippen LogP contribution >= 0.6 is 0 Å². The number of rotatable bonds is 8. The first kappa shape index (κ1) is 23.8. The number of nitrogens with zero attached hydrogens (tertiary/aromatic N) is 1. The van der Waals surface area contributed by atoms with Crippen LogP contribution in [0.2, 0.25) is 0 Å². The summed E-state index contributed by atoms with van der Waals surface area (Å²) < 4.78 is 6.18. The zero-order valence-corrected chi connectivity index (χ0v) is 19.6. The molecule has 2 aromatic rings. The van der Waals surface area contributed by atoms with Crippen molar-refractivity contribution >= 4 is 17.5 Å². The summed E-state index contributed by atoms with van der Waals surface area (Å²) in [6.07, 6.45) is 5.27. The van der Waals surface area contributed by atoms with Crippen molar-refractivity contribution in [2.24, 2.45) is 0 Å². The van der Waals surface area contributed by atoms with Crippen LogP contribution in [0.4, 0.5) is 5.69 Å². The first-order valence-electron chi connectivity index (χ1n) is 12.0. The molecule has 0 aromatic heterocycles. The highest BCUT2D eigenvalue weighted by Crippen LogP contribution is 2.30. The lowest BCUT2D eigenvalue weighted by Crippen LogP contribution is -2.35. The number of carbonyl (C=O) groups excluding carboxylic acids is 2. The Balaban J connectivity index is 1.76. The molecular weight excluding hydrogens is 400 g/mol. The smallest absolute Gasteiger partial charge is 0.265 e. The molecule has 0 aliphatic carbocycles. The molecule has 0 bridgehead atoms. The van der Waals surface area contributed by atoms with Gasteiger partial charge in [-0.1, -0.05) is 63.9 Å². The van der Waals surface area contributed by atoms with Gasteiger partial charge in [-0.25, -0.2) is 0 Å². The molecule has 1 heterocycles. The Morgan fingerprint density at radius 3 is 2.28 bits per heavy atom. The third-order valence-electron chi connectivity index (χ3n) is 6.30. The highest BCUT2D eigenvalue weighted by Gasteiger charge is 2.24. The molecule has 0 spiro atoms. The van der Waals surface area contributed by atoms with Gasteiger partial charge in [-0.05, 0) is 55.4 Å². The number of likely N-dealkylation sites (tertiary alicyclic amines) is 1. The van der Waals surface area contributed by atoms with Crippen LogP contribution in [0.25, 0.3) is 0 Å². The van der Waals surface area contributed by atoms with Gasteiger partial charge in [0.25, 0.3) is 11.8 Å². The summed E-state index contributed by atoms with van der Waals surface area (Å²) in [5.41, 5.74) is 2.19. The van der Waals surface area contributed by atoms with E-state index in [1.807, 2.05) is 42.2 Å². The third kappa shape index (κ3) is 5.90. The van der Waals surface area contributed by atoms with Crippen molar-refractivity contribution < 1.29 is 14.3 Å². The predicted molar refractivity (Wildman–Crippen MR) is 129 cm³/mol. The zero-order valence-electron chi connectivity index (χ0n) is 19.6. The second-order valence-corrected chi connectivity index (χ2v) is 8.60. The van der Waals surface area contributed by atoms with Crippen molar-refractivity contribution in [1.82, 2.24) is 4.90 Å². The standard InChI is InChI=1S/C27H36N2O3/c1-4-20(3)21-14-9-11-17-25(21)32-24(5-2)26(30)28-23-16-10-8-15-22(23)27(31)29-18-12-6-7-13-19-29/h8-11,14-17,20,24H,4-7,12-13,18-19H2,1-3H3,(H,28,30). The first-order chi connectivity index (χ1) is 15.5. The molecular formula is C27H36N2O3. The number of hydrogen-bond donors (Lipinski definition) is 1. The number of hydrogen-bond acceptors (Lipinski definition) is 3. The van der Waals surface area contributed by atoms with Gasteiger partial charge in [0.15, 0.2) is 6.10 Å². The van der Waals surface area contributed by atoms with Gasteiger partial charge in [0.2, 0.25) is 0 Å². The second-order valence-electron chi connectivity index (χ2n) is 8.60. The van der Waals surface area contributed by atoms with Gasteiger partial charge in [0, 0.05) is 13.1 Å². The topological polar surface area (TPSA) is 58.6 Å². The van der Waals surface area contributed by atoms with Crippen molar-refractivity contribution in [3.63, 3.8) is 0 Å². The van der Waals surface area contributed by atoms with Crippen LogP contribution in [-0.2, 0) is 4.79 Å². The molecule has 1 aliphatic heterocycles. The summed E-state index contributed by atoms with van der Waals surface area (Å²) in [5, 5.41) is 2.97. The van der Waals surface area contributed by atoms with Gasteiger partial charge in [0.05, 0.1) is 11.3 Å². The molecule has 5 heteroatoms. The quantitative estimate of drug-likeness (QED) is 0.551. The fourth-order valence-electron chi connectivity index (χ4n) is 4.13. The van der Waals surface area contributed by atoms with Gasteiger partial charge >= 0.3 is 0 Å². The summed E-state index contributed by atoms with van der Waals surface area (Å²) in [4.78, 5) is 28.2. The van der Waals surface area contributed by atoms with E-state index < -0.39 is 6.10 Å². The van der Waals surface area contributed by atoms with Crippen LogP contribution in [0.5, 0.6) is 5.75 Å². The number of benzene rings is 2. The van der Waals surface area contributed by atoms with E-state index in [0.717, 1.165) is 56.5 Å². The third-order valence-corrected chi connectivity index (χ3v) is 6.30. The Hall–Kier alpha value is -2.82. The van der Waals surface area contributed by atoms with Crippen LogP contribution in [0, 0.1) is 0 Å². The summed E-state index contributed by atoms with van der Waals surface area (Å²) in [5.74, 6) is 0.845. The molecule has 1 saturated heterocycles. The zero-order chi connectivity index (χ0) is 22.9. The van der Waals surface area contributed by atoms with Crippen molar-refractivity contribution in [2.75, 3.05) is 18.4 Å². The molecule has 0 saturated carbocycles. The van der Waals surface area contributed by atoms with Crippen molar-refractivity contribution in [1.29, 1.82) is 0 Å². The summed E-state index contributed by atoms with van der Waals surface area (Å²) in [6, 6.07) is 15.2. The molecule has 32 heavy (non-hydrogen) atoms. The van der Waals surface area contributed by atoms with Crippen LogP contribution in [0.3, 0.4) is 0 Å². The van der Waals surface area contributed by atoms with Gasteiger partial charge in [0.1, 0.15) is 5.75 Å². The lowest BCUT2D eigenvalue weighted by Gasteiger charge is -2.23. The minimum atomic E-state index is -0.637. The van der Waals surface area contributed by atoms with Gasteiger partial charge in [-0.2, -0.15) is 0 Å². The summed E-state index contributed by atoms with van der Waals surface area (Å²) in [6.45, 7) is 7.78. The fourth-order valence-corrected chi connectivity index (χ4v) is 4.13. The predicted octanol–water partition coefficient (Wildman–Crippen LogP) is 6.01. The first-order valence-corrected chi connectivity index (χ1v) is 12.0. The minimum Gasteiger partial charge on any atom is -0.480 e. The van der Waals surface area contributed by atoms with E-state index in [1.54, 1.807) is 12.1 Å². The molecule has 0 radical (unpaired) electrons. The van der Waals surface area contributed by atoms with Crippen molar-refractivity contribution in [2.45, 2.75) is 71.3 Å². The van der Waals surface area contributed by atoms with E-state index in [2.05, 4.69) is 25.2 Å². The Morgan fingerprint density at radius 2 is 1.59 bits per heavy atom. The molecule has 2 amide bonds. The number of para-hydroxylation sites is 2. The monoisotopic (exact) mass is 436 g/mol. The lowest BCUT2D eigenvalue weighted by molar-refractivity contribution is -0.122. The SMILES string of the molecule is CCC(Oc1ccccc1C(C)CC)C(=O)Nc1ccccc1C(=O)N1CCCCCC1. The Morgan fingerprint density at radius 1 is 0.938 bits per heavy atom. The number of nitrogens with one attached hydrogen (secondary N) is 1. The van der Waals surface area contributed by atoms with Gasteiger partial charge in [-0.3, -0.25) is 9.59 Å². The van der Waals surface area contributed by atoms with E-state index in [4.69, 9.17) is 4.74 Å². The molecule has 1 N–H and O–H groups in total. The Labute approximate surface area is 192 Å². The maximum atomic E-state index is 13.2. The fraction of sp³-hybridized carbons (Fsp3) is 0.481. The van der Waals surface area contributed by atoms with E-state index in [1.165, 1.54) is 0 Å². The summed E-state index contributed by atoms with van der Waals surface area (Å²) >= 11 is 0.